The van der Waals surface area contributed by atoms with E-state index in [0.717, 1.165) is 62.3 Å². The number of methoxy groups -OCH3 is 2. The number of carbonyl (C=O) groups excluding carboxylic acids is 3. The Hall–Kier alpha value is -6.66. The summed E-state index contributed by atoms with van der Waals surface area (Å²) < 4.78 is 36.8. The lowest BCUT2D eigenvalue weighted by Gasteiger charge is -2.19. The van der Waals surface area contributed by atoms with Gasteiger partial charge in [-0.15, -0.1) is 0 Å². The zero-order chi connectivity index (χ0) is 46.6. The summed E-state index contributed by atoms with van der Waals surface area (Å²) in [5, 5.41) is 8.66. The van der Waals surface area contributed by atoms with E-state index in [4.69, 9.17) is 9.47 Å². The lowest BCUT2D eigenvalue weighted by Crippen LogP contribution is -2.11. The van der Waals surface area contributed by atoms with Crippen LogP contribution in [0.2, 0.25) is 0 Å². The SMILES string of the molecule is COc1c(C(C)C)cc(C=C2C(=O)Nc3cc(NC(=O)c4ccccc4)ccc32)cc1C(C)C.COc1c(C(C)C)cc(C=C2C(=O)Nc3cc(NS(C)(=O)=O)ccc32)cc1C(C)C. The van der Waals surface area contributed by atoms with E-state index >= 15 is 0 Å². The molecule has 2 heterocycles. The average Bonchev–Trinajstić information content (AvgIpc) is 3.72. The summed E-state index contributed by atoms with van der Waals surface area (Å²) in [6, 6.07) is 27.9. The number of anilines is 4. The quantitative estimate of drug-likeness (QED) is 0.0910. The van der Waals surface area contributed by atoms with Crippen molar-refractivity contribution in [3.8, 4) is 11.5 Å². The summed E-state index contributed by atoms with van der Waals surface area (Å²) >= 11 is 0. The molecule has 2 aliphatic heterocycles. The summed E-state index contributed by atoms with van der Waals surface area (Å²) in [4.78, 5) is 38.0. The molecule has 0 aromatic heterocycles. The van der Waals surface area contributed by atoms with E-state index in [1.165, 1.54) is 0 Å². The summed E-state index contributed by atoms with van der Waals surface area (Å²) in [6.45, 7) is 17.0. The lowest BCUT2D eigenvalue weighted by atomic mass is 9.90. The van der Waals surface area contributed by atoms with Crippen LogP contribution in [-0.4, -0.2) is 46.6 Å². The van der Waals surface area contributed by atoms with Gasteiger partial charge in [-0.25, -0.2) is 8.42 Å². The molecule has 0 unspecified atom stereocenters. The van der Waals surface area contributed by atoms with E-state index in [1.807, 2.05) is 42.5 Å². The molecule has 11 nitrogen and oxygen atoms in total. The molecule has 2 aliphatic rings. The summed E-state index contributed by atoms with van der Waals surface area (Å²) in [5.41, 5.74) is 11.9. The van der Waals surface area contributed by atoms with Gasteiger partial charge in [-0.3, -0.25) is 19.1 Å². The third-order valence-electron chi connectivity index (χ3n) is 11.1. The van der Waals surface area contributed by atoms with Crippen molar-refractivity contribution in [1.82, 2.24) is 0 Å². The van der Waals surface area contributed by atoms with Gasteiger partial charge in [0.25, 0.3) is 17.7 Å². The molecular weight excluding hydrogens is 825 g/mol. The number of amides is 3. The molecule has 64 heavy (non-hydrogen) atoms. The fourth-order valence-corrected chi connectivity index (χ4v) is 8.46. The molecule has 5 aromatic rings. The molecule has 0 radical (unpaired) electrons. The number of sulfonamides is 1. The molecule has 0 saturated carbocycles. The number of nitrogens with one attached hydrogen (secondary N) is 4. The monoisotopic (exact) mass is 882 g/mol. The second-order valence-electron chi connectivity index (χ2n) is 17.3. The van der Waals surface area contributed by atoms with Gasteiger partial charge in [0, 0.05) is 33.5 Å². The first-order valence-corrected chi connectivity index (χ1v) is 23.3. The minimum absolute atomic E-state index is 0.158. The van der Waals surface area contributed by atoms with E-state index in [9.17, 15) is 22.8 Å². The van der Waals surface area contributed by atoms with E-state index in [2.05, 4.69) is 100 Å². The maximum Gasteiger partial charge on any atom is 0.256 e. The van der Waals surface area contributed by atoms with Crippen LogP contribution in [-0.2, 0) is 19.6 Å². The van der Waals surface area contributed by atoms with Crippen molar-refractivity contribution in [3.63, 3.8) is 0 Å². The topological polar surface area (TPSA) is 152 Å². The number of hydrogen-bond donors (Lipinski definition) is 4. The molecule has 0 spiro atoms. The zero-order valence-electron chi connectivity index (χ0n) is 38.4. The number of carbonyl (C=O) groups is 3. The van der Waals surface area contributed by atoms with Gasteiger partial charge in [0.05, 0.1) is 37.5 Å². The molecule has 3 amide bonds. The van der Waals surface area contributed by atoms with Crippen LogP contribution in [0.25, 0.3) is 23.3 Å². The Bertz CT molecular complexity index is 2730. The minimum atomic E-state index is -3.39. The van der Waals surface area contributed by atoms with Crippen molar-refractivity contribution < 1.29 is 32.3 Å². The second kappa shape index (κ2) is 19.4. The third-order valence-corrected chi connectivity index (χ3v) is 11.7. The Morgan fingerprint density at radius 2 is 0.969 bits per heavy atom. The first-order chi connectivity index (χ1) is 30.3. The fourth-order valence-electron chi connectivity index (χ4n) is 7.91. The maximum atomic E-state index is 12.9. The molecule has 334 valence electrons. The molecule has 4 N–H and O–H groups in total. The predicted octanol–water partition coefficient (Wildman–Crippen LogP) is 11.5. The molecule has 0 fully saturated rings. The highest BCUT2D eigenvalue weighted by Crippen LogP contribution is 2.41. The third kappa shape index (κ3) is 10.6. The molecule has 0 saturated heterocycles. The van der Waals surface area contributed by atoms with Gasteiger partial charge < -0.3 is 25.4 Å². The van der Waals surface area contributed by atoms with Gasteiger partial charge in [-0.1, -0.05) is 79.7 Å². The van der Waals surface area contributed by atoms with E-state index < -0.39 is 10.0 Å². The van der Waals surface area contributed by atoms with Gasteiger partial charge in [-0.05, 0) is 136 Å². The smallest absolute Gasteiger partial charge is 0.256 e. The van der Waals surface area contributed by atoms with E-state index in [1.54, 1.807) is 50.6 Å². The van der Waals surface area contributed by atoms with Gasteiger partial charge in [-0.2, -0.15) is 0 Å². The fraction of sp³-hybridized carbons (Fsp3) is 0.288. The van der Waals surface area contributed by atoms with Crippen LogP contribution in [0.15, 0.2) is 91.0 Å². The normalized spacial score (nSPS) is 14.4. The highest BCUT2D eigenvalue weighted by molar-refractivity contribution is 7.92. The Morgan fingerprint density at radius 3 is 1.34 bits per heavy atom. The molecule has 0 aliphatic carbocycles. The van der Waals surface area contributed by atoms with Crippen molar-refractivity contribution in [2.24, 2.45) is 0 Å². The molecule has 7 rings (SSSR count). The first kappa shape index (κ1) is 46.8. The highest BCUT2D eigenvalue weighted by atomic mass is 32.2. The Morgan fingerprint density at radius 1 is 0.578 bits per heavy atom. The van der Waals surface area contributed by atoms with Crippen LogP contribution in [0.5, 0.6) is 11.5 Å². The lowest BCUT2D eigenvalue weighted by molar-refractivity contribution is -0.111. The number of ether oxygens (including phenoxy) is 2. The molecular formula is C52H58N4O7S. The molecule has 0 bridgehead atoms. The average molecular weight is 883 g/mol. The standard InChI is InChI=1S/C29H30N2O3.C23H28N2O4S/c1-17(2)23-13-19(14-24(18(3)4)27(23)34-5)15-25-22-12-11-21(16-26(22)31-29(25)33)30-28(32)20-9-7-6-8-10-20;1-13(2)18-9-15(10-19(14(3)4)22(18)29-5)11-20-17-8-7-16(25-30(6,27)28)12-21(17)24-23(20)26/h6-18H,1-5H3,(H,30,32)(H,31,33);7-14,25H,1-6H3,(H,24,26). The van der Waals surface area contributed by atoms with Crippen LogP contribution in [0.1, 0.15) is 134 Å². The van der Waals surface area contributed by atoms with E-state index in [-0.39, 0.29) is 41.4 Å². The Kier molecular flexibility index (Phi) is 14.2. The van der Waals surface area contributed by atoms with Crippen LogP contribution >= 0.6 is 0 Å². The van der Waals surface area contributed by atoms with Crippen molar-refractivity contribution in [2.45, 2.75) is 79.1 Å². The van der Waals surface area contributed by atoms with Crippen molar-refractivity contribution in [2.75, 3.05) is 41.1 Å². The second-order valence-corrected chi connectivity index (χ2v) is 19.1. The number of fused-ring (bicyclic) bond motifs is 2. The minimum Gasteiger partial charge on any atom is -0.496 e. The highest BCUT2D eigenvalue weighted by Gasteiger charge is 2.27. The van der Waals surface area contributed by atoms with Crippen LogP contribution in [0, 0.1) is 0 Å². The summed E-state index contributed by atoms with van der Waals surface area (Å²) in [5.74, 6) is 2.36. The van der Waals surface area contributed by atoms with Gasteiger partial charge in [0.15, 0.2) is 0 Å². The number of hydrogen-bond acceptors (Lipinski definition) is 7. The summed E-state index contributed by atoms with van der Waals surface area (Å²) in [6.07, 6.45) is 4.90. The zero-order valence-corrected chi connectivity index (χ0v) is 39.2. The van der Waals surface area contributed by atoms with Crippen LogP contribution in [0.4, 0.5) is 22.7 Å². The van der Waals surface area contributed by atoms with Gasteiger partial charge in [0.2, 0.25) is 10.0 Å². The predicted molar refractivity (Wildman–Crippen MR) is 261 cm³/mol. The van der Waals surface area contributed by atoms with Crippen molar-refractivity contribution in [3.05, 3.63) is 141 Å². The Labute approximate surface area is 377 Å². The van der Waals surface area contributed by atoms with Crippen molar-refractivity contribution >= 4 is 73.8 Å². The van der Waals surface area contributed by atoms with Gasteiger partial charge in [0.1, 0.15) is 11.5 Å². The molecule has 5 aromatic carbocycles. The van der Waals surface area contributed by atoms with E-state index in [0.29, 0.717) is 39.5 Å². The van der Waals surface area contributed by atoms with Crippen molar-refractivity contribution in [1.29, 1.82) is 0 Å². The number of rotatable bonds is 12. The van der Waals surface area contributed by atoms with Crippen LogP contribution in [0.3, 0.4) is 0 Å². The Balaban J connectivity index is 0.000000214. The maximum absolute atomic E-state index is 12.9. The van der Waals surface area contributed by atoms with Crippen LogP contribution < -0.4 is 30.1 Å². The molecule has 12 heteroatoms. The first-order valence-electron chi connectivity index (χ1n) is 21.4. The van der Waals surface area contributed by atoms with Gasteiger partial charge >= 0.3 is 0 Å². The molecule has 0 atom stereocenters. The summed E-state index contributed by atoms with van der Waals surface area (Å²) in [7, 11) is 0.00496. The largest absolute Gasteiger partial charge is 0.496 e. The number of benzene rings is 5.